The maximum Gasteiger partial charge on any atom is 0.118 e. The van der Waals surface area contributed by atoms with Crippen LogP contribution in [0.25, 0.3) is 0 Å². The molecule has 130 valence electrons. The Kier molecular flexibility index (Phi) is 6.67. The molecule has 0 aliphatic carbocycles. The summed E-state index contributed by atoms with van der Waals surface area (Å²) in [5.74, 6) is 1.84. The van der Waals surface area contributed by atoms with Crippen LogP contribution in [0.3, 0.4) is 0 Å². The summed E-state index contributed by atoms with van der Waals surface area (Å²) in [5.41, 5.74) is 9.11. The van der Waals surface area contributed by atoms with Gasteiger partial charge in [0.15, 0.2) is 0 Å². The fraction of sp³-hybridized carbons (Fsp3) is 0.400. The predicted molar refractivity (Wildman–Crippen MR) is 102 cm³/mol. The Morgan fingerprint density at radius 1 is 1.08 bits per heavy atom. The second kappa shape index (κ2) is 8.52. The van der Waals surface area contributed by atoms with Gasteiger partial charge in [0.1, 0.15) is 5.75 Å². The van der Waals surface area contributed by atoms with E-state index in [4.69, 9.17) is 10.5 Å². The summed E-state index contributed by atoms with van der Waals surface area (Å²) >= 11 is 0. The van der Waals surface area contributed by atoms with Crippen molar-refractivity contribution in [2.75, 3.05) is 26.7 Å². The molecule has 2 aromatic carbocycles. The molecule has 4 heteroatoms. The van der Waals surface area contributed by atoms with Crippen molar-refractivity contribution in [3.63, 3.8) is 0 Å². The summed E-state index contributed by atoms with van der Waals surface area (Å²) in [7, 11) is 1.70. The van der Waals surface area contributed by atoms with Crippen LogP contribution in [0, 0.1) is 0 Å². The smallest absolute Gasteiger partial charge is 0.118 e. The molecule has 3 rings (SSSR count). The number of nitrogens with zero attached hydrogens (tertiary/aromatic N) is 1. The first kappa shape index (κ1) is 18.8. The molecule has 1 aliphatic rings. The van der Waals surface area contributed by atoms with Gasteiger partial charge in [-0.2, -0.15) is 0 Å². The van der Waals surface area contributed by atoms with Gasteiger partial charge >= 0.3 is 0 Å². The van der Waals surface area contributed by atoms with Gasteiger partial charge in [0.25, 0.3) is 0 Å². The number of nitrogens with two attached hydrogens (primary N) is 1. The van der Waals surface area contributed by atoms with E-state index in [-0.39, 0.29) is 18.4 Å². The Balaban J connectivity index is 0.00000208. The number of likely N-dealkylation sites (tertiary alicyclic amines) is 1. The number of hydrogen-bond acceptors (Lipinski definition) is 3. The Hall–Kier alpha value is -1.55. The van der Waals surface area contributed by atoms with E-state index >= 15 is 0 Å². The van der Waals surface area contributed by atoms with Gasteiger partial charge in [-0.05, 0) is 29.2 Å². The highest BCUT2D eigenvalue weighted by Gasteiger charge is 2.31. The average Bonchev–Trinajstić information content (AvgIpc) is 2.96. The fourth-order valence-corrected chi connectivity index (χ4v) is 3.54. The van der Waals surface area contributed by atoms with Crippen LogP contribution in [0.1, 0.15) is 29.9 Å². The zero-order chi connectivity index (χ0) is 16.2. The maximum absolute atomic E-state index is 6.40. The highest BCUT2D eigenvalue weighted by Crippen LogP contribution is 2.28. The van der Waals surface area contributed by atoms with E-state index in [1.54, 1.807) is 7.11 Å². The van der Waals surface area contributed by atoms with E-state index in [1.807, 2.05) is 12.1 Å². The topological polar surface area (TPSA) is 38.5 Å². The molecule has 2 aromatic rings. The Morgan fingerprint density at radius 3 is 2.38 bits per heavy atom. The number of rotatable bonds is 5. The van der Waals surface area contributed by atoms with Crippen molar-refractivity contribution in [3.8, 4) is 5.75 Å². The van der Waals surface area contributed by atoms with Gasteiger partial charge < -0.3 is 15.4 Å². The molecular formula is C20H27ClN2O. The van der Waals surface area contributed by atoms with E-state index in [1.165, 1.54) is 11.1 Å². The molecule has 1 aliphatic heterocycles. The molecular weight excluding hydrogens is 320 g/mol. The van der Waals surface area contributed by atoms with Gasteiger partial charge in [-0.3, -0.25) is 0 Å². The zero-order valence-electron chi connectivity index (χ0n) is 14.4. The molecule has 0 bridgehead atoms. The van der Waals surface area contributed by atoms with E-state index in [9.17, 15) is 0 Å². The first-order valence-electron chi connectivity index (χ1n) is 8.34. The molecule has 0 aromatic heterocycles. The maximum atomic E-state index is 6.40. The van der Waals surface area contributed by atoms with Crippen LogP contribution >= 0.6 is 12.4 Å². The lowest BCUT2D eigenvalue weighted by atomic mass is 9.95. The highest BCUT2D eigenvalue weighted by molar-refractivity contribution is 5.85. The van der Waals surface area contributed by atoms with Gasteiger partial charge in [0.2, 0.25) is 0 Å². The average molecular weight is 347 g/mol. The standard InChI is InChI=1S/C20H26N2O.ClH/c1-15(16-8-10-18(23-2)11-9-16)12-22-13-19(20(21)14-22)17-6-4-3-5-7-17;/h3-11,15,19-20H,12-14,21H2,1-2H3;1H/t15?,19-,20+;/m0./s1. The predicted octanol–water partition coefficient (Wildman–Crippen LogP) is 3.65. The van der Waals surface area contributed by atoms with E-state index in [0.717, 1.165) is 25.4 Å². The minimum Gasteiger partial charge on any atom is -0.497 e. The van der Waals surface area contributed by atoms with Crippen LogP contribution < -0.4 is 10.5 Å². The van der Waals surface area contributed by atoms with Gasteiger partial charge in [-0.25, -0.2) is 0 Å². The molecule has 0 spiro atoms. The summed E-state index contributed by atoms with van der Waals surface area (Å²) < 4.78 is 5.23. The first-order valence-corrected chi connectivity index (χ1v) is 8.34. The van der Waals surface area contributed by atoms with Crippen LogP contribution in [0.15, 0.2) is 54.6 Å². The normalized spacial score (nSPS) is 22.0. The molecule has 3 atom stereocenters. The molecule has 1 heterocycles. The van der Waals surface area contributed by atoms with Crippen LogP contribution in [-0.2, 0) is 0 Å². The van der Waals surface area contributed by atoms with Gasteiger partial charge in [-0.1, -0.05) is 49.4 Å². The molecule has 3 nitrogen and oxygen atoms in total. The third-order valence-electron chi connectivity index (χ3n) is 4.89. The molecule has 0 saturated carbocycles. The Morgan fingerprint density at radius 2 is 1.75 bits per heavy atom. The van der Waals surface area contributed by atoms with Crippen molar-refractivity contribution >= 4 is 12.4 Å². The lowest BCUT2D eigenvalue weighted by Gasteiger charge is -2.21. The molecule has 1 fully saturated rings. The number of ether oxygens (including phenoxy) is 1. The van der Waals surface area contributed by atoms with Crippen LogP contribution in [-0.4, -0.2) is 37.7 Å². The van der Waals surface area contributed by atoms with Crippen molar-refractivity contribution in [1.29, 1.82) is 0 Å². The summed E-state index contributed by atoms with van der Waals surface area (Å²) in [4.78, 5) is 2.50. The van der Waals surface area contributed by atoms with Crippen molar-refractivity contribution < 1.29 is 4.74 Å². The van der Waals surface area contributed by atoms with E-state index < -0.39 is 0 Å². The monoisotopic (exact) mass is 346 g/mol. The summed E-state index contributed by atoms with van der Waals surface area (Å²) in [6, 6.07) is 19.3. The molecule has 0 radical (unpaired) electrons. The molecule has 1 saturated heterocycles. The second-order valence-corrected chi connectivity index (χ2v) is 6.57. The third-order valence-corrected chi connectivity index (χ3v) is 4.89. The lowest BCUT2D eigenvalue weighted by Crippen LogP contribution is -2.30. The molecule has 2 N–H and O–H groups in total. The van der Waals surface area contributed by atoms with Crippen LogP contribution in [0.2, 0.25) is 0 Å². The SMILES string of the molecule is COc1ccc(C(C)CN2C[C@@H](N)[C@H](c3ccccc3)C2)cc1.Cl. The third kappa shape index (κ3) is 4.29. The van der Waals surface area contributed by atoms with Gasteiger partial charge in [0, 0.05) is 31.6 Å². The molecule has 1 unspecified atom stereocenters. The van der Waals surface area contributed by atoms with E-state index in [2.05, 4.69) is 54.3 Å². The Labute approximate surface area is 151 Å². The molecule has 24 heavy (non-hydrogen) atoms. The first-order chi connectivity index (χ1) is 11.2. The van der Waals surface area contributed by atoms with Gasteiger partial charge in [-0.15, -0.1) is 12.4 Å². The van der Waals surface area contributed by atoms with Crippen LogP contribution in [0.4, 0.5) is 0 Å². The minimum atomic E-state index is 0. The van der Waals surface area contributed by atoms with Crippen molar-refractivity contribution in [1.82, 2.24) is 4.90 Å². The molecule has 0 amide bonds. The second-order valence-electron chi connectivity index (χ2n) is 6.57. The summed E-state index contributed by atoms with van der Waals surface area (Å²) in [5, 5.41) is 0. The number of benzene rings is 2. The van der Waals surface area contributed by atoms with Crippen molar-refractivity contribution in [3.05, 3.63) is 65.7 Å². The van der Waals surface area contributed by atoms with Crippen LogP contribution in [0.5, 0.6) is 5.75 Å². The largest absolute Gasteiger partial charge is 0.497 e. The van der Waals surface area contributed by atoms with Crippen molar-refractivity contribution in [2.45, 2.75) is 24.8 Å². The Bertz CT molecular complexity index is 617. The van der Waals surface area contributed by atoms with E-state index in [0.29, 0.717) is 11.8 Å². The summed E-state index contributed by atoms with van der Waals surface area (Å²) in [6.07, 6.45) is 0. The zero-order valence-corrected chi connectivity index (χ0v) is 15.2. The quantitative estimate of drug-likeness (QED) is 0.898. The number of methoxy groups -OCH3 is 1. The highest BCUT2D eigenvalue weighted by atomic mass is 35.5. The number of hydrogen-bond donors (Lipinski definition) is 1. The minimum absolute atomic E-state index is 0. The van der Waals surface area contributed by atoms with Gasteiger partial charge in [0.05, 0.1) is 7.11 Å². The number of halogens is 1. The fourth-order valence-electron chi connectivity index (χ4n) is 3.54. The lowest BCUT2D eigenvalue weighted by molar-refractivity contribution is 0.314. The van der Waals surface area contributed by atoms with Crippen molar-refractivity contribution in [2.24, 2.45) is 5.73 Å². The summed E-state index contributed by atoms with van der Waals surface area (Å²) in [6.45, 7) is 5.35.